The quantitative estimate of drug-likeness (QED) is 0.503. The second-order valence-electron chi connectivity index (χ2n) is 7.48. The Balaban J connectivity index is 0.00000289. The number of aromatic nitrogens is 2. The van der Waals surface area contributed by atoms with Gasteiger partial charge in [0.15, 0.2) is 0 Å². The van der Waals surface area contributed by atoms with Crippen LogP contribution in [0.3, 0.4) is 0 Å². The minimum Gasteiger partial charge on any atom is -0.332 e. The average molecular weight is 476 g/mol. The van der Waals surface area contributed by atoms with E-state index < -0.39 is 10.0 Å². The number of aromatic amines is 1. The Bertz CT molecular complexity index is 1220. The summed E-state index contributed by atoms with van der Waals surface area (Å²) in [5, 5.41) is 13.1. The molecule has 4 rings (SSSR count). The number of rotatable bonds is 6. The van der Waals surface area contributed by atoms with E-state index in [-0.39, 0.29) is 24.1 Å². The molecule has 2 heterocycles. The summed E-state index contributed by atoms with van der Waals surface area (Å²) in [4.78, 5) is 15.1. The summed E-state index contributed by atoms with van der Waals surface area (Å²) in [5.74, 6) is -0.397. The Morgan fingerprint density at radius 2 is 1.91 bits per heavy atom. The second-order valence-corrected chi connectivity index (χ2v) is 9.48. The van der Waals surface area contributed by atoms with Gasteiger partial charge in [0.2, 0.25) is 15.9 Å². The predicted molar refractivity (Wildman–Crippen MR) is 124 cm³/mol. The Kier molecular flexibility index (Phi) is 7.04. The number of fused-ring (bicyclic) bond motifs is 1. The second kappa shape index (κ2) is 9.41. The van der Waals surface area contributed by atoms with Crippen LogP contribution in [0.1, 0.15) is 36.6 Å². The molecule has 3 aromatic rings. The largest absolute Gasteiger partial charge is 0.332 e. The van der Waals surface area contributed by atoms with Gasteiger partial charge in [-0.15, -0.1) is 0 Å². The van der Waals surface area contributed by atoms with E-state index >= 15 is 0 Å². The number of hydrogen-bond donors (Lipinski definition) is 3. The number of primary sulfonamides is 1. The van der Waals surface area contributed by atoms with Gasteiger partial charge in [-0.1, -0.05) is 43.3 Å². The molecule has 1 aromatic heterocycles. The number of nitrogens with one attached hydrogen (secondary N) is 1. The van der Waals surface area contributed by atoms with E-state index in [2.05, 4.69) is 10.2 Å². The van der Waals surface area contributed by atoms with Crippen molar-refractivity contribution in [2.75, 3.05) is 6.54 Å². The highest BCUT2D eigenvalue weighted by molar-refractivity contribution is 7.89. The van der Waals surface area contributed by atoms with Crippen molar-refractivity contribution < 1.29 is 13.2 Å². The van der Waals surface area contributed by atoms with Crippen LogP contribution in [0, 0.1) is 0 Å². The molecule has 2 aromatic carbocycles. The third kappa shape index (κ3) is 4.71. The van der Waals surface area contributed by atoms with Crippen LogP contribution < -0.4 is 10.9 Å². The van der Waals surface area contributed by atoms with Crippen molar-refractivity contribution in [2.45, 2.75) is 37.8 Å². The van der Waals surface area contributed by atoms with Crippen LogP contribution in [0.15, 0.2) is 53.4 Å². The van der Waals surface area contributed by atoms with Crippen molar-refractivity contribution >= 4 is 27.5 Å². The highest BCUT2D eigenvalue weighted by atomic mass is 35.5. The lowest BCUT2D eigenvalue weighted by atomic mass is 9.94. The number of sulfonamides is 1. The molecule has 8 nitrogen and oxygen atoms in total. The van der Waals surface area contributed by atoms with Crippen molar-refractivity contribution in [3.05, 3.63) is 70.4 Å². The Labute approximate surface area is 192 Å². The van der Waals surface area contributed by atoms with Gasteiger partial charge in [0, 0.05) is 16.1 Å². The predicted octanol–water partition coefficient (Wildman–Crippen LogP) is 2.99. The average Bonchev–Trinajstić information content (AvgIpc) is 3.32. The molecule has 0 fully saturated rings. The lowest BCUT2D eigenvalue weighted by molar-refractivity contribution is -0.133. The van der Waals surface area contributed by atoms with Crippen molar-refractivity contribution in [2.24, 2.45) is 10.9 Å². The van der Waals surface area contributed by atoms with Crippen LogP contribution in [0.5, 0.6) is 0 Å². The maximum Gasteiger partial charge on any atom is 0.238 e. The highest BCUT2D eigenvalue weighted by Gasteiger charge is 2.33. The van der Waals surface area contributed by atoms with Gasteiger partial charge in [0.1, 0.15) is 0 Å². The summed E-state index contributed by atoms with van der Waals surface area (Å²) >= 11 is 6.12. The van der Waals surface area contributed by atoms with Crippen LogP contribution in [0.4, 0.5) is 0 Å². The summed E-state index contributed by atoms with van der Waals surface area (Å²) in [7, 11) is -3.77. The lowest BCUT2D eigenvalue weighted by Gasteiger charge is -2.23. The molecule has 1 aliphatic rings. The van der Waals surface area contributed by atoms with E-state index in [0.29, 0.717) is 36.8 Å². The van der Waals surface area contributed by atoms with Gasteiger partial charge in [0.05, 0.1) is 35.3 Å². The van der Waals surface area contributed by atoms with Gasteiger partial charge in [-0.2, -0.15) is 5.10 Å². The number of hydrogen-bond acceptors (Lipinski definition) is 5. The molecule has 0 bridgehead atoms. The van der Waals surface area contributed by atoms with Crippen molar-refractivity contribution in [3.8, 4) is 11.3 Å². The number of nitrogens with two attached hydrogens (primary N) is 2. The van der Waals surface area contributed by atoms with Crippen molar-refractivity contribution in [1.29, 1.82) is 0 Å². The maximum absolute atomic E-state index is 13.3. The number of carbonyl (C=O) groups is 1. The van der Waals surface area contributed by atoms with E-state index in [1.54, 1.807) is 29.2 Å². The molecule has 170 valence electrons. The van der Waals surface area contributed by atoms with Gasteiger partial charge in [-0.25, -0.2) is 13.6 Å². The first-order valence-corrected chi connectivity index (χ1v) is 11.6. The molecule has 10 heteroatoms. The number of H-pyrrole nitrogens is 1. The van der Waals surface area contributed by atoms with E-state index in [9.17, 15) is 13.2 Å². The highest BCUT2D eigenvalue weighted by Crippen LogP contribution is 2.34. The summed E-state index contributed by atoms with van der Waals surface area (Å²) in [6, 6.07) is 13.5. The molecule has 32 heavy (non-hydrogen) atoms. The molecular weight excluding hydrogens is 450 g/mol. The van der Waals surface area contributed by atoms with E-state index in [0.717, 1.165) is 22.4 Å². The molecule has 1 amide bonds. The summed E-state index contributed by atoms with van der Waals surface area (Å²) in [5.41, 5.74) is 9.82. The number of benzene rings is 2. The minimum absolute atomic E-state index is 0. The fourth-order valence-electron chi connectivity index (χ4n) is 3.88. The van der Waals surface area contributed by atoms with Gasteiger partial charge < -0.3 is 10.6 Å². The van der Waals surface area contributed by atoms with Crippen LogP contribution in [-0.2, 0) is 27.9 Å². The zero-order valence-corrected chi connectivity index (χ0v) is 18.2. The first-order chi connectivity index (χ1) is 14.8. The minimum atomic E-state index is -3.77. The number of halogens is 1. The van der Waals surface area contributed by atoms with E-state index in [1.807, 2.05) is 12.1 Å². The first-order valence-electron chi connectivity index (χ1n) is 9.71. The first kappa shape index (κ1) is 23.9. The molecule has 0 aliphatic carbocycles. The van der Waals surface area contributed by atoms with Crippen LogP contribution >= 0.6 is 11.6 Å². The van der Waals surface area contributed by atoms with Gasteiger partial charge in [-0.3, -0.25) is 9.89 Å². The summed E-state index contributed by atoms with van der Waals surface area (Å²) in [6.07, 6.45) is 0.518. The third-order valence-corrected chi connectivity index (χ3v) is 6.59. The molecule has 1 atom stereocenters. The monoisotopic (exact) mass is 475 g/mol. The Hall–Kier alpha value is -2.72. The SMILES string of the molecule is C.NCCC(C(=O)N1Cc2[nH]nc(-c3ccc(S(N)(=O)=O)cc3)c2C1)c1cccc(Cl)c1. The van der Waals surface area contributed by atoms with Crippen LogP contribution in [0.2, 0.25) is 5.02 Å². The molecule has 0 saturated carbocycles. The Morgan fingerprint density at radius 1 is 1.19 bits per heavy atom. The van der Waals surface area contributed by atoms with Gasteiger partial charge in [0.25, 0.3) is 0 Å². The molecule has 0 spiro atoms. The van der Waals surface area contributed by atoms with E-state index in [4.69, 9.17) is 22.5 Å². The van der Waals surface area contributed by atoms with Gasteiger partial charge >= 0.3 is 0 Å². The van der Waals surface area contributed by atoms with Crippen LogP contribution in [-0.4, -0.2) is 36.0 Å². The summed E-state index contributed by atoms with van der Waals surface area (Å²) in [6.45, 7) is 1.20. The van der Waals surface area contributed by atoms with Crippen molar-refractivity contribution in [1.82, 2.24) is 15.1 Å². The fraction of sp³-hybridized carbons (Fsp3) is 0.273. The molecule has 1 aliphatic heterocycles. The molecule has 0 saturated heterocycles. The smallest absolute Gasteiger partial charge is 0.238 e. The Morgan fingerprint density at radius 3 is 2.53 bits per heavy atom. The summed E-state index contributed by atoms with van der Waals surface area (Å²) < 4.78 is 23.0. The zero-order valence-electron chi connectivity index (χ0n) is 16.6. The topological polar surface area (TPSA) is 135 Å². The molecule has 0 radical (unpaired) electrons. The third-order valence-electron chi connectivity index (χ3n) is 5.42. The number of amides is 1. The zero-order chi connectivity index (χ0) is 22.2. The molecule has 1 unspecified atom stereocenters. The van der Waals surface area contributed by atoms with Crippen molar-refractivity contribution in [3.63, 3.8) is 0 Å². The standard InChI is InChI=1S/C21H22ClN5O3S.CH4/c22-15-3-1-2-14(10-15)17(8-9-23)21(28)27-11-18-19(12-27)25-26-20(18)13-4-6-16(7-5-13)31(24,29)30;/h1-7,10,17H,8-9,11-12,23H2,(H,25,26)(H2,24,29,30);1H4. The fourth-order valence-corrected chi connectivity index (χ4v) is 4.59. The molecule has 5 N–H and O–H groups in total. The van der Waals surface area contributed by atoms with E-state index in [1.165, 1.54) is 12.1 Å². The maximum atomic E-state index is 13.3. The van der Waals surface area contributed by atoms with Gasteiger partial charge in [-0.05, 0) is 42.8 Å². The van der Waals surface area contributed by atoms with Crippen LogP contribution in [0.25, 0.3) is 11.3 Å². The molecular formula is C22H26ClN5O3S. The number of nitrogens with zero attached hydrogens (tertiary/aromatic N) is 2. The number of carbonyl (C=O) groups excluding carboxylic acids is 1. The normalized spacial score (nSPS) is 14.0. The lowest BCUT2D eigenvalue weighted by Crippen LogP contribution is -2.32.